The van der Waals surface area contributed by atoms with Crippen molar-refractivity contribution in [1.29, 1.82) is 0 Å². The summed E-state index contributed by atoms with van der Waals surface area (Å²) in [6.07, 6.45) is 2.57. The number of aryl methyl sites for hydroxylation is 2. The second-order valence-corrected chi connectivity index (χ2v) is 6.03. The largest absolute Gasteiger partial charge is 0.456 e. The van der Waals surface area contributed by atoms with Crippen molar-refractivity contribution in [2.45, 2.75) is 19.8 Å². The van der Waals surface area contributed by atoms with Gasteiger partial charge in [0.25, 0.3) is 5.91 Å². The lowest BCUT2D eigenvalue weighted by Gasteiger charge is -2.07. The first-order chi connectivity index (χ1) is 12.5. The van der Waals surface area contributed by atoms with E-state index in [9.17, 15) is 14.0 Å². The Kier molecular flexibility index (Phi) is 5.31. The molecule has 1 aromatic heterocycles. The highest BCUT2D eigenvalue weighted by atomic mass is 19.1. The van der Waals surface area contributed by atoms with Gasteiger partial charge in [-0.05, 0) is 42.7 Å². The summed E-state index contributed by atoms with van der Waals surface area (Å²) >= 11 is 0. The molecule has 3 rings (SSSR count). The molecule has 2 N–H and O–H groups in total. The van der Waals surface area contributed by atoms with E-state index in [1.807, 2.05) is 30.5 Å². The van der Waals surface area contributed by atoms with Gasteiger partial charge in [-0.25, -0.2) is 4.39 Å². The van der Waals surface area contributed by atoms with Crippen LogP contribution >= 0.6 is 0 Å². The molecule has 3 aromatic rings. The lowest BCUT2D eigenvalue weighted by Crippen LogP contribution is -2.21. The fourth-order valence-electron chi connectivity index (χ4n) is 2.66. The van der Waals surface area contributed by atoms with Crippen LogP contribution in [0.25, 0.3) is 10.9 Å². The number of aromatic nitrogens is 1. The van der Waals surface area contributed by atoms with Gasteiger partial charge in [0.1, 0.15) is 5.82 Å². The molecule has 6 heteroatoms. The molecule has 2 aromatic carbocycles. The molecule has 0 atom stereocenters. The maximum Gasteiger partial charge on any atom is 0.306 e. The zero-order valence-electron chi connectivity index (χ0n) is 14.3. The maximum absolute atomic E-state index is 13.5. The van der Waals surface area contributed by atoms with Crippen LogP contribution in [0.5, 0.6) is 0 Å². The fourth-order valence-corrected chi connectivity index (χ4v) is 2.66. The predicted molar refractivity (Wildman–Crippen MR) is 97.3 cm³/mol. The standard InChI is InChI=1S/C20H19FN2O3/c1-13-6-8-15(10-17(13)21)23-19(24)12-26-20(25)9-7-14-11-22-18-5-3-2-4-16(14)18/h2-6,8,10-11,22H,7,9,12H2,1H3,(H,23,24). The second kappa shape index (κ2) is 7.82. The smallest absolute Gasteiger partial charge is 0.306 e. The van der Waals surface area contributed by atoms with E-state index >= 15 is 0 Å². The Bertz CT molecular complexity index is 949. The summed E-state index contributed by atoms with van der Waals surface area (Å²) in [7, 11) is 0. The van der Waals surface area contributed by atoms with E-state index in [2.05, 4.69) is 10.3 Å². The first kappa shape index (κ1) is 17.7. The van der Waals surface area contributed by atoms with Crippen molar-refractivity contribution in [3.8, 4) is 0 Å². The van der Waals surface area contributed by atoms with Gasteiger partial charge < -0.3 is 15.0 Å². The number of ether oxygens (including phenoxy) is 1. The highest BCUT2D eigenvalue weighted by Crippen LogP contribution is 2.19. The predicted octanol–water partition coefficient (Wildman–Crippen LogP) is 3.73. The third-order valence-corrected chi connectivity index (χ3v) is 4.09. The first-order valence-corrected chi connectivity index (χ1v) is 8.29. The third-order valence-electron chi connectivity index (χ3n) is 4.09. The van der Waals surface area contributed by atoms with Crippen molar-refractivity contribution in [2.75, 3.05) is 11.9 Å². The SMILES string of the molecule is Cc1ccc(NC(=O)COC(=O)CCc2c[nH]c3ccccc23)cc1F. The number of carbonyl (C=O) groups is 2. The summed E-state index contributed by atoms with van der Waals surface area (Å²) in [5, 5.41) is 3.57. The van der Waals surface area contributed by atoms with E-state index < -0.39 is 24.3 Å². The van der Waals surface area contributed by atoms with Gasteiger partial charge in [0.15, 0.2) is 6.61 Å². The Morgan fingerprint density at radius 2 is 2.00 bits per heavy atom. The van der Waals surface area contributed by atoms with Crippen molar-refractivity contribution in [3.05, 3.63) is 65.6 Å². The topological polar surface area (TPSA) is 71.2 Å². The fraction of sp³-hybridized carbons (Fsp3) is 0.200. The zero-order chi connectivity index (χ0) is 18.5. The number of aromatic amines is 1. The summed E-state index contributed by atoms with van der Waals surface area (Å²) in [6.45, 7) is 1.23. The Balaban J connectivity index is 1.46. The van der Waals surface area contributed by atoms with E-state index in [4.69, 9.17) is 4.74 Å². The molecule has 0 aliphatic rings. The second-order valence-electron chi connectivity index (χ2n) is 6.03. The molecule has 0 aliphatic heterocycles. The third kappa shape index (κ3) is 4.27. The lowest BCUT2D eigenvalue weighted by molar-refractivity contribution is -0.147. The molecule has 0 unspecified atom stereocenters. The van der Waals surface area contributed by atoms with Gasteiger partial charge >= 0.3 is 5.97 Å². The number of carbonyl (C=O) groups excluding carboxylic acids is 2. The molecule has 0 saturated carbocycles. The van der Waals surface area contributed by atoms with E-state index in [1.165, 1.54) is 6.07 Å². The Labute approximate surface area is 150 Å². The average molecular weight is 354 g/mol. The van der Waals surface area contributed by atoms with Crippen molar-refractivity contribution >= 4 is 28.5 Å². The van der Waals surface area contributed by atoms with Crippen molar-refractivity contribution in [1.82, 2.24) is 4.98 Å². The van der Waals surface area contributed by atoms with Crippen LogP contribution in [0.15, 0.2) is 48.7 Å². The maximum atomic E-state index is 13.5. The van der Waals surface area contributed by atoms with Gasteiger partial charge in [-0.3, -0.25) is 9.59 Å². The van der Waals surface area contributed by atoms with E-state index in [1.54, 1.807) is 19.1 Å². The number of hydrogen-bond acceptors (Lipinski definition) is 3. The Hall–Kier alpha value is -3.15. The molecule has 0 fully saturated rings. The number of rotatable bonds is 6. The van der Waals surface area contributed by atoms with Crippen LogP contribution in [0.3, 0.4) is 0 Å². The molecule has 0 aliphatic carbocycles. The van der Waals surface area contributed by atoms with Gasteiger partial charge in [0, 0.05) is 29.2 Å². The summed E-state index contributed by atoms with van der Waals surface area (Å²) in [5.74, 6) is -1.37. The highest BCUT2D eigenvalue weighted by Gasteiger charge is 2.11. The summed E-state index contributed by atoms with van der Waals surface area (Å²) < 4.78 is 18.4. The molecular formula is C20H19FN2O3. The summed E-state index contributed by atoms with van der Waals surface area (Å²) in [4.78, 5) is 26.8. The van der Waals surface area contributed by atoms with Crippen LogP contribution in [-0.4, -0.2) is 23.5 Å². The van der Waals surface area contributed by atoms with Crippen LogP contribution in [0.2, 0.25) is 0 Å². The number of fused-ring (bicyclic) bond motifs is 1. The molecule has 0 radical (unpaired) electrons. The van der Waals surface area contributed by atoms with Crippen LogP contribution in [-0.2, 0) is 20.7 Å². The number of nitrogens with one attached hydrogen (secondary N) is 2. The number of amides is 1. The van der Waals surface area contributed by atoms with Crippen LogP contribution < -0.4 is 5.32 Å². The van der Waals surface area contributed by atoms with Crippen molar-refractivity contribution in [3.63, 3.8) is 0 Å². The number of esters is 1. The molecule has 1 amide bonds. The minimum Gasteiger partial charge on any atom is -0.456 e. The molecule has 5 nitrogen and oxygen atoms in total. The number of para-hydroxylation sites is 1. The van der Waals surface area contributed by atoms with E-state index in [0.717, 1.165) is 16.5 Å². The van der Waals surface area contributed by atoms with Gasteiger partial charge in [0.2, 0.25) is 0 Å². The van der Waals surface area contributed by atoms with Crippen LogP contribution in [0.4, 0.5) is 10.1 Å². The quantitative estimate of drug-likeness (QED) is 0.663. The summed E-state index contributed by atoms with van der Waals surface area (Å²) in [5.41, 5.74) is 2.86. The normalized spacial score (nSPS) is 10.7. The molecule has 0 saturated heterocycles. The number of anilines is 1. The van der Waals surface area contributed by atoms with Gasteiger partial charge in [-0.1, -0.05) is 24.3 Å². The first-order valence-electron chi connectivity index (χ1n) is 8.29. The minimum atomic E-state index is -0.506. The van der Waals surface area contributed by atoms with Crippen LogP contribution in [0.1, 0.15) is 17.5 Å². The number of hydrogen-bond donors (Lipinski definition) is 2. The van der Waals surface area contributed by atoms with Gasteiger partial charge in [0.05, 0.1) is 0 Å². The number of H-pyrrole nitrogens is 1. The molecule has 0 spiro atoms. The zero-order valence-corrected chi connectivity index (χ0v) is 14.3. The molecule has 1 heterocycles. The molecule has 0 bridgehead atoms. The Morgan fingerprint density at radius 3 is 2.81 bits per heavy atom. The lowest BCUT2D eigenvalue weighted by atomic mass is 10.1. The number of halogens is 1. The average Bonchev–Trinajstić information content (AvgIpc) is 3.04. The van der Waals surface area contributed by atoms with Crippen molar-refractivity contribution in [2.24, 2.45) is 0 Å². The van der Waals surface area contributed by atoms with Gasteiger partial charge in [-0.2, -0.15) is 0 Å². The minimum absolute atomic E-state index is 0.175. The number of benzene rings is 2. The monoisotopic (exact) mass is 354 g/mol. The summed E-state index contributed by atoms with van der Waals surface area (Å²) in [6, 6.07) is 12.2. The highest BCUT2D eigenvalue weighted by molar-refractivity contribution is 5.92. The van der Waals surface area contributed by atoms with E-state index in [0.29, 0.717) is 17.7 Å². The van der Waals surface area contributed by atoms with Crippen LogP contribution in [0, 0.1) is 12.7 Å². The molecular weight excluding hydrogens is 335 g/mol. The Morgan fingerprint density at radius 1 is 1.19 bits per heavy atom. The van der Waals surface area contributed by atoms with E-state index in [-0.39, 0.29) is 6.42 Å². The molecule has 26 heavy (non-hydrogen) atoms. The van der Waals surface area contributed by atoms with Gasteiger partial charge in [-0.15, -0.1) is 0 Å². The molecule has 134 valence electrons. The van der Waals surface area contributed by atoms with Crippen molar-refractivity contribution < 1.29 is 18.7 Å².